The van der Waals surface area contributed by atoms with E-state index in [1.54, 1.807) is 20.3 Å². The first kappa shape index (κ1) is 25.8. The van der Waals surface area contributed by atoms with Crippen LogP contribution < -0.4 is 14.4 Å². The molecular weight excluding hydrogens is 492 g/mol. The van der Waals surface area contributed by atoms with E-state index in [2.05, 4.69) is 9.97 Å². The molecule has 4 rings (SSSR count). The Morgan fingerprint density at radius 3 is 2.54 bits per heavy atom. The van der Waals surface area contributed by atoms with Gasteiger partial charge in [0.2, 0.25) is 5.91 Å². The number of hydrogen-bond acceptors (Lipinski definition) is 9. The minimum absolute atomic E-state index is 0.0507. The number of thioether (sulfide) groups is 1. The number of carbonyl (C=O) groups excluding carboxylic acids is 1. The molecule has 0 atom stereocenters. The number of benzene rings is 1. The predicted octanol–water partition coefficient (Wildman–Crippen LogP) is 3.28. The van der Waals surface area contributed by atoms with Gasteiger partial charge < -0.3 is 28.7 Å². The van der Waals surface area contributed by atoms with Crippen LogP contribution in [0.1, 0.15) is 18.4 Å². The van der Waals surface area contributed by atoms with Crippen LogP contribution in [0.3, 0.4) is 0 Å². The average Bonchev–Trinajstić information content (AvgIpc) is 3.33. The monoisotopic (exact) mass is 522 g/mol. The molecule has 1 aromatic heterocycles. The number of halogens is 1. The third-order valence-corrected chi connectivity index (χ3v) is 7.28. The number of piperidine rings is 1. The van der Waals surface area contributed by atoms with Crippen LogP contribution in [0.5, 0.6) is 11.5 Å². The molecule has 11 heteroatoms. The van der Waals surface area contributed by atoms with E-state index in [1.807, 2.05) is 35.0 Å². The summed E-state index contributed by atoms with van der Waals surface area (Å²) in [6, 6.07) is 7.62. The fourth-order valence-corrected chi connectivity index (χ4v) is 5.18. The summed E-state index contributed by atoms with van der Waals surface area (Å²) >= 11 is 7.57. The number of anilines is 1. The van der Waals surface area contributed by atoms with Crippen LogP contribution in [0.15, 0.2) is 29.4 Å². The topological polar surface area (TPSA) is 86.3 Å². The third kappa shape index (κ3) is 6.49. The first-order chi connectivity index (χ1) is 16.9. The van der Waals surface area contributed by atoms with E-state index in [4.69, 9.17) is 30.5 Å². The summed E-state index contributed by atoms with van der Waals surface area (Å²) in [4.78, 5) is 25.5. The highest BCUT2D eigenvalue weighted by molar-refractivity contribution is 7.99. The van der Waals surface area contributed by atoms with E-state index in [9.17, 15) is 4.79 Å². The maximum Gasteiger partial charge on any atom is 0.233 e. The summed E-state index contributed by atoms with van der Waals surface area (Å²) in [5, 5.41) is 0.827. The largest absolute Gasteiger partial charge is 0.493 e. The fraction of sp³-hybridized carbons (Fsp3) is 0.542. The van der Waals surface area contributed by atoms with Gasteiger partial charge in [-0.25, -0.2) is 9.97 Å². The van der Waals surface area contributed by atoms with Gasteiger partial charge in [0.25, 0.3) is 0 Å². The number of likely N-dealkylation sites (tertiary alicyclic amines) is 1. The number of aromatic nitrogens is 2. The van der Waals surface area contributed by atoms with Gasteiger partial charge in [-0.2, -0.15) is 0 Å². The zero-order valence-electron chi connectivity index (χ0n) is 20.3. The zero-order chi connectivity index (χ0) is 24.8. The van der Waals surface area contributed by atoms with Crippen molar-refractivity contribution >= 4 is 35.1 Å². The number of rotatable bonds is 9. The second-order valence-electron chi connectivity index (χ2n) is 8.47. The van der Waals surface area contributed by atoms with E-state index in [1.165, 1.54) is 11.8 Å². The summed E-state index contributed by atoms with van der Waals surface area (Å²) < 4.78 is 22.2. The molecule has 0 saturated carbocycles. The number of methoxy groups -OCH3 is 2. The summed E-state index contributed by atoms with van der Waals surface area (Å²) in [6.07, 6.45) is 2.18. The van der Waals surface area contributed by atoms with Crippen molar-refractivity contribution < 1.29 is 23.7 Å². The molecule has 2 aliphatic rings. The number of amides is 1. The van der Waals surface area contributed by atoms with Gasteiger partial charge in [0, 0.05) is 45.6 Å². The lowest BCUT2D eigenvalue weighted by Crippen LogP contribution is -2.47. The molecule has 1 spiro atoms. The molecule has 9 nitrogen and oxygen atoms in total. The Balaban J connectivity index is 1.30. The van der Waals surface area contributed by atoms with E-state index >= 15 is 0 Å². The van der Waals surface area contributed by atoms with Gasteiger partial charge in [0.15, 0.2) is 22.4 Å². The van der Waals surface area contributed by atoms with Crippen LogP contribution in [0.4, 0.5) is 5.82 Å². The normalized spacial score (nSPS) is 17.0. The Kier molecular flexibility index (Phi) is 8.59. The Bertz CT molecular complexity index is 1030. The summed E-state index contributed by atoms with van der Waals surface area (Å²) in [6.45, 7) is 3.22. The average molecular weight is 523 g/mol. The minimum Gasteiger partial charge on any atom is -0.493 e. The summed E-state index contributed by atoms with van der Waals surface area (Å²) in [7, 11) is 5.20. The molecule has 2 aliphatic heterocycles. The second kappa shape index (κ2) is 11.6. The molecule has 0 unspecified atom stereocenters. The highest BCUT2D eigenvalue weighted by Crippen LogP contribution is 2.32. The van der Waals surface area contributed by atoms with Crippen LogP contribution >= 0.6 is 23.4 Å². The van der Waals surface area contributed by atoms with E-state index < -0.39 is 5.79 Å². The van der Waals surface area contributed by atoms with E-state index in [-0.39, 0.29) is 11.7 Å². The molecule has 35 heavy (non-hydrogen) atoms. The Hall–Kier alpha value is -2.27. The van der Waals surface area contributed by atoms with Crippen LogP contribution in [0.25, 0.3) is 0 Å². The Labute approximate surface area is 215 Å². The summed E-state index contributed by atoms with van der Waals surface area (Å²) in [5.41, 5.74) is 1.12. The van der Waals surface area contributed by atoms with Crippen molar-refractivity contribution in [3.63, 3.8) is 0 Å². The van der Waals surface area contributed by atoms with E-state index in [0.29, 0.717) is 73.3 Å². The number of hydrogen-bond donors (Lipinski definition) is 0. The zero-order valence-corrected chi connectivity index (χ0v) is 21.9. The molecule has 0 radical (unpaired) electrons. The standard InChI is InChI=1S/C24H31ClN4O5S/c1-28(9-6-17-4-5-18(31-2)19(14-17)32-3)21-15-20(25)26-23(27-21)35-16-22(30)29-10-7-24(8-11-29)33-12-13-34-24/h4-5,14-15H,6-13,16H2,1-3H3. The van der Waals surface area contributed by atoms with Crippen molar-refractivity contribution in [1.29, 1.82) is 0 Å². The smallest absolute Gasteiger partial charge is 0.233 e. The van der Waals surface area contributed by atoms with Crippen molar-refractivity contribution in [1.82, 2.24) is 14.9 Å². The van der Waals surface area contributed by atoms with Gasteiger partial charge >= 0.3 is 0 Å². The molecule has 1 amide bonds. The van der Waals surface area contributed by atoms with Gasteiger partial charge in [0.1, 0.15) is 11.0 Å². The van der Waals surface area contributed by atoms with Crippen molar-refractivity contribution in [2.75, 3.05) is 64.8 Å². The lowest BCUT2D eigenvalue weighted by atomic mass is 10.0. The van der Waals surface area contributed by atoms with Crippen molar-refractivity contribution in [2.24, 2.45) is 0 Å². The van der Waals surface area contributed by atoms with Crippen LogP contribution in [-0.2, 0) is 20.7 Å². The van der Waals surface area contributed by atoms with E-state index in [0.717, 1.165) is 12.0 Å². The number of likely N-dealkylation sites (N-methyl/N-ethyl adjacent to an activating group) is 1. The van der Waals surface area contributed by atoms with Crippen LogP contribution in [-0.4, -0.2) is 86.4 Å². The lowest BCUT2D eigenvalue weighted by molar-refractivity contribution is -0.186. The van der Waals surface area contributed by atoms with Crippen LogP contribution in [0.2, 0.25) is 5.15 Å². The van der Waals surface area contributed by atoms with Gasteiger partial charge in [0.05, 0.1) is 33.2 Å². The third-order valence-electron chi connectivity index (χ3n) is 6.25. The molecule has 0 bridgehead atoms. The minimum atomic E-state index is -0.490. The molecule has 3 heterocycles. The maximum atomic E-state index is 12.7. The molecule has 0 aliphatic carbocycles. The summed E-state index contributed by atoms with van der Waals surface area (Å²) in [5.74, 6) is 1.92. The van der Waals surface area contributed by atoms with Gasteiger partial charge in [-0.15, -0.1) is 0 Å². The van der Waals surface area contributed by atoms with Gasteiger partial charge in [-0.3, -0.25) is 4.79 Å². The number of carbonyl (C=O) groups is 1. The molecule has 2 saturated heterocycles. The van der Waals surface area contributed by atoms with Crippen molar-refractivity contribution in [2.45, 2.75) is 30.2 Å². The number of nitrogens with zero attached hydrogens (tertiary/aromatic N) is 4. The molecular formula is C24H31ClN4O5S. The predicted molar refractivity (Wildman–Crippen MR) is 135 cm³/mol. The maximum absolute atomic E-state index is 12.7. The lowest BCUT2D eigenvalue weighted by Gasteiger charge is -2.37. The Morgan fingerprint density at radius 2 is 1.86 bits per heavy atom. The second-order valence-corrected chi connectivity index (χ2v) is 9.80. The van der Waals surface area contributed by atoms with Crippen molar-refractivity contribution in [3.05, 3.63) is 35.0 Å². The Morgan fingerprint density at radius 1 is 1.14 bits per heavy atom. The molecule has 2 fully saturated rings. The molecule has 0 N–H and O–H groups in total. The van der Waals surface area contributed by atoms with Crippen molar-refractivity contribution in [3.8, 4) is 11.5 Å². The number of ether oxygens (including phenoxy) is 4. The highest BCUT2D eigenvalue weighted by atomic mass is 35.5. The highest BCUT2D eigenvalue weighted by Gasteiger charge is 2.40. The first-order valence-electron chi connectivity index (χ1n) is 11.6. The van der Waals surface area contributed by atoms with Crippen LogP contribution in [0, 0.1) is 0 Å². The molecule has 2 aromatic rings. The first-order valence-corrected chi connectivity index (χ1v) is 12.9. The molecule has 190 valence electrons. The van der Waals surface area contributed by atoms with Gasteiger partial charge in [-0.05, 0) is 24.1 Å². The van der Waals surface area contributed by atoms with Gasteiger partial charge in [-0.1, -0.05) is 29.4 Å². The quantitative estimate of drug-likeness (QED) is 0.280. The SMILES string of the molecule is COc1ccc(CCN(C)c2cc(Cl)nc(SCC(=O)N3CCC4(CC3)OCCO4)n2)cc1OC. The fourth-order valence-electron chi connectivity index (χ4n) is 4.19. The molecule has 1 aromatic carbocycles.